The van der Waals surface area contributed by atoms with E-state index in [9.17, 15) is 0 Å². The Bertz CT molecular complexity index is 433. The molecule has 0 aliphatic rings. The lowest BCUT2D eigenvalue weighted by molar-refractivity contribution is 0.879. The van der Waals surface area contributed by atoms with Crippen LogP contribution in [0.25, 0.3) is 10.1 Å². The quantitative estimate of drug-likeness (QED) is 0.756. The van der Waals surface area contributed by atoms with Gasteiger partial charge in [-0.3, -0.25) is 0 Å². The molecule has 0 saturated heterocycles. The van der Waals surface area contributed by atoms with Crippen molar-refractivity contribution in [2.24, 2.45) is 0 Å². The number of hydrogen-bond donors (Lipinski definition) is 1. The highest BCUT2D eigenvalue weighted by Crippen LogP contribution is 2.32. The van der Waals surface area contributed by atoms with E-state index in [4.69, 9.17) is 5.73 Å². The number of anilines is 1. The molecule has 4 heteroatoms. The summed E-state index contributed by atoms with van der Waals surface area (Å²) in [6.45, 7) is 4.33. The van der Waals surface area contributed by atoms with Crippen LogP contribution in [0.3, 0.4) is 0 Å². The smallest absolute Gasteiger partial charge is 0.164 e. The minimum atomic E-state index is 0.511. The monoisotopic (exact) mass is 193 g/mol. The molecule has 0 aliphatic heterocycles. The van der Waals surface area contributed by atoms with Crippen molar-refractivity contribution in [3.63, 3.8) is 0 Å². The maximum Gasteiger partial charge on any atom is 0.164 e. The van der Waals surface area contributed by atoms with Crippen LogP contribution in [0.2, 0.25) is 0 Å². The molecule has 0 aromatic carbocycles. The number of nitrogens with two attached hydrogens (primary N) is 1. The molecule has 2 aromatic heterocycles. The summed E-state index contributed by atoms with van der Waals surface area (Å²) < 4.78 is 1.05. The minimum absolute atomic E-state index is 0.511. The van der Waals surface area contributed by atoms with E-state index in [0.29, 0.717) is 11.7 Å². The summed E-state index contributed by atoms with van der Waals surface area (Å²) in [7, 11) is 0. The zero-order valence-electron chi connectivity index (χ0n) is 7.61. The molecule has 2 heterocycles. The number of rotatable bonds is 1. The van der Waals surface area contributed by atoms with Gasteiger partial charge >= 0.3 is 0 Å². The molecule has 2 rings (SSSR count). The van der Waals surface area contributed by atoms with Crippen molar-refractivity contribution in [1.29, 1.82) is 0 Å². The van der Waals surface area contributed by atoms with Gasteiger partial charge in [-0.15, -0.1) is 16.4 Å². The van der Waals surface area contributed by atoms with Crippen molar-refractivity contribution in [3.05, 3.63) is 17.1 Å². The van der Waals surface area contributed by atoms with Crippen molar-refractivity contribution in [2.45, 2.75) is 19.8 Å². The van der Waals surface area contributed by atoms with Gasteiger partial charge in [0.1, 0.15) is 0 Å². The van der Waals surface area contributed by atoms with Crippen LogP contribution in [0.15, 0.2) is 11.6 Å². The van der Waals surface area contributed by atoms with Gasteiger partial charge in [0.05, 0.1) is 10.9 Å². The standard InChI is InChI=1S/C9H11N3S/c1-5(2)7-4-13-8-6(7)3-11-12-9(8)10/h3-5H,1-2H3,(H2,10,12). The topological polar surface area (TPSA) is 51.8 Å². The first-order chi connectivity index (χ1) is 6.20. The van der Waals surface area contributed by atoms with Gasteiger partial charge in [-0.25, -0.2) is 0 Å². The molecular weight excluding hydrogens is 182 g/mol. The Balaban J connectivity index is 2.75. The fraction of sp³-hybridized carbons (Fsp3) is 0.333. The molecule has 0 unspecified atom stereocenters. The Labute approximate surface area is 80.6 Å². The summed E-state index contributed by atoms with van der Waals surface area (Å²) in [6, 6.07) is 0. The molecule has 3 nitrogen and oxygen atoms in total. The van der Waals surface area contributed by atoms with E-state index in [1.807, 2.05) is 0 Å². The number of aromatic nitrogens is 2. The molecule has 13 heavy (non-hydrogen) atoms. The van der Waals surface area contributed by atoms with Crippen LogP contribution < -0.4 is 5.73 Å². The SMILES string of the molecule is CC(C)c1csc2c(N)nncc12. The summed E-state index contributed by atoms with van der Waals surface area (Å²) in [4.78, 5) is 0. The molecule has 0 amide bonds. The zero-order chi connectivity index (χ0) is 9.42. The Kier molecular flexibility index (Phi) is 1.92. The Morgan fingerprint density at radius 3 is 2.92 bits per heavy atom. The second-order valence-corrected chi connectivity index (χ2v) is 4.20. The molecule has 0 radical (unpaired) electrons. The molecule has 0 bridgehead atoms. The minimum Gasteiger partial charge on any atom is -0.381 e. The summed E-state index contributed by atoms with van der Waals surface area (Å²) in [5, 5.41) is 11.0. The first kappa shape index (κ1) is 8.44. The van der Waals surface area contributed by atoms with Crippen molar-refractivity contribution in [3.8, 4) is 0 Å². The lowest BCUT2D eigenvalue weighted by Gasteiger charge is -2.01. The molecule has 68 valence electrons. The zero-order valence-corrected chi connectivity index (χ0v) is 8.43. The fourth-order valence-electron chi connectivity index (χ4n) is 1.35. The Hall–Kier alpha value is -1.16. The molecule has 2 N–H and O–H groups in total. The molecule has 0 saturated carbocycles. The van der Waals surface area contributed by atoms with Gasteiger partial charge < -0.3 is 5.73 Å². The number of fused-ring (bicyclic) bond motifs is 1. The molecular formula is C9H11N3S. The van der Waals surface area contributed by atoms with Crippen molar-refractivity contribution >= 4 is 27.2 Å². The van der Waals surface area contributed by atoms with Gasteiger partial charge in [0.25, 0.3) is 0 Å². The van der Waals surface area contributed by atoms with Gasteiger partial charge in [-0.1, -0.05) is 13.8 Å². The Morgan fingerprint density at radius 1 is 1.46 bits per heavy atom. The molecule has 0 atom stereocenters. The third-order valence-electron chi connectivity index (χ3n) is 2.07. The average molecular weight is 193 g/mol. The predicted octanol–water partition coefficient (Wildman–Crippen LogP) is 2.40. The van der Waals surface area contributed by atoms with E-state index >= 15 is 0 Å². The van der Waals surface area contributed by atoms with Gasteiger partial charge in [-0.05, 0) is 16.9 Å². The lowest BCUT2D eigenvalue weighted by atomic mass is 10.0. The van der Waals surface area contributed by atoms with Crippen LogP contribution >= 0.6 is 11.3 Å². The van der Waals surface area contributed by atoms with Crippen LogP contribution in [-0.2, 0) is 0 Å². The summed E-state index contributed by atoms with van der Waals surface area (Å²) in [5.41, 5.74) is 7.01. The maximum atomic E-state index is 5.71. The average Bonchev–Trinajstić information content (AvgIpc) is 2.48. The molecule has 0 fully saturated rings. The predicted molar refractivity (Wildman–Crippen MR) is 55.9 cm³/mol. The highest BCUT2D eigenvalue weighted by molar-refractivity contribution is 7.18. The first-order valence-corrected chi connectivity index (χ1v) is 5.06. The number of thiophene rings is 1. The van der Waals surface area contributed by atoms with E-state index in [1.165, 1.54) is 5.56 Å². The number of hydrogen-bond acceptors (Lipinski definition) is 4. The second-order valence-electron chi connectivity index (χ2n) is 3.32. The van der Waals surface area contributed by atoms with E-state index in [0.717, 1.165) is 10.1 Å². The first-order valence-electron chi connectivity index (χ1n) is 4.18. The second kappa shape index (κ2) is 2.96. The third-order valence-corrected chi connectivity index (χ3v) is 3.10. The van der Waals surface area contributed by atoms with Gasteiger partial charge in [0, 0.05) is 5.39 Å². The van der Waals surface area contributed by atoms with E-state index in [2.05, 4.69) is 29.4 Å². The van der Waals surface area contributed by atoms with Crippen molar-refractivity contribution < 1.29 is 0 Å². The summed E-state index contributed by atoms with van der Waals surface area (Å²) in [6.07, 6.45) is 1.79. The van der Waals surface area contributed by atoms with Crippen LogP contribution in [0.4, 0.5) is 5.82 Å². The fourth-order valence-corrected chi connectivity index (χ4v) is 2.46. The number of nitrogens with zero attached hydrogens (tertiary/aromatic N) is 2. The van der Waals surface area contributed by atoms with Gasteiger partial charge in [0.2, 0.25) is 0 Å². The molecule has 0 aliphatic carbocycles. The summed E-state index contributed by atoms with van der Waals surface area (Å²) in [5.74, 6) is 1.05. The van der Waals surface area contributed by atoms with Crippen LogP contribution in [0, 0.1) is 0 Å². The van der Waals surface area contributed by atoms with Gasteiger partial charge in [-0.2, -0.15) is 5.10 Å². The highest BCUT2D eigenvalue weighted by atomic mass is 32.1. The lowest BCUT2D eigenvalue weighted by Crippen LogP contribution is -1.92. The van der Waals surface area contributed by atoms with E-state index < -0.39 is 0 Å². The number of nitrogen functional groups attached to an aromatic ring is 1. The normalized spacial score (nSPS) is 11.3. The van der Waals surface area contributed by atoms with Crippen LogP contribution in [-0.4, -0.2) is 10.2 Å². The molecule has 2 aromatic rings. The summed E-state index contributed by atoms with van der Waals surface area (Å²) >= 11 is 1.64. The van der Waals surface area contributed by atoms with Crippen molar-refractivity contribution in [2.75, 3.05) is 5.73 Å². The van der Waals surface area contributed by atoms with E-state index in [-0.39, 0.29) is 0 Å². The highest BCUT2D eigenvalue weighted by Gasteiger charge is 2.09. The molecule has 0 spiro atoms. The largest absolute Gasteiger partial charge is 0.381 e. The van der Waals surface area contributed by atoms with Crippen molar-refractivity contribution in [1.82, 2.24) is 10.2 Å². The maximum absolute atomic E-state index is 5.71. The van der Waals surface area contributed by atoms with Crippen LogP contribution in [0.1, 0.15) is 25.3 Å². The van der Waals surface area contributed by atoms with Gasteiger partial charge in [0.15, 0.2) is 5.82 Å². The van der Waals surface area contributed by atoms with Crippen LogP contribution in [0.5, 0.6) is 0 Å². The Morgan fingerprint density at radius 2 is 2.23 bits per heavy atom. The van der Waals surface area contributed by atoms with E-state index in [1.54, 1.807) is 17.5 Å². The third kappa shape index (κ3) is 1.27.